The summed E-state index contributed by atoms with van der Waals surface area (Å²) in [6, 6.07) is 0. The molecule has 0 spiro atoms. The molecule has 0 radical (unpaired) electrons. The van der Waals surface area contributed by atoms with Crippen LogP contribution in [0, 0.1) is 23.7 Å². The monoisotopic (exact) mass is 188 g/mol. The highest BCUT2D eigenvalue weighted by Gasteiger charge is 2.34. The Kier molecular flexibility index (Phi) is 3.46. The summed E-state index contributed by atoms with van der Waals surface area (Å²) in [6.07, 6.45) is 2.58. The average Bonchev–Trinajstić information content (AvgIpc) is 1.82. The predicted octanol–water partition coefficient (Wildman–Crippen LogP) is 3.93. The zero-order chi connectivity index (χ0) is 9.30. The Hall–Kier alpha value is 0.290. The molecule has 0 N–H and O–H groups in total. The van der Waals surface area contributed by atoms with Crippen LogP contribution in [0.3, 0.4) is 0 Å². The van der Waals surface area contributed by atoms with Crippen LogP contribution in [0.1, 0.15) is 40.5 Å². The van der Waals surface area contributed by atoms with E-state index in [1.165, 1.54) is 12.8 Å². The van der Waals surface area contributed by atoms with E-state index in [0.29, 0.717) is 5.38 Å². The Balaban J connectivity index is 2.60. The number of alkyl halides is 1. The van der Waals surface area contributed by atoms with Crippen molar-refractivity contribution in [1.82, 2.24) is 0 Å². The van der Waals surface area contributed by atoms with Gasteiger partial charge in [0.15, 0.2) is 0 Å². The molecule has 72 valence electrons. The van der Waals surface area contributed by atoms with Gasteiger partial charge >= 0.3 is 0 Å². The summed E-state index contributed by atoms with van der Waals surface area (Å²) >= 11 is 6.37. The largest absolute Gasteiger partial charge is 0.123 e. The van der Waals surface area contributed by atoms with Crippen LogP contribution in [0.5, 0.6) is 0 Å². The maximum Gasteiger partial charge on any atom is 0.0371 e. The molecule has 0 bridgehead atoms. The molecule has 0 aromatic heterocycles. The predicted molar refractivity (Wildman–Crippen MR) is 55.5 cm³/mol. The third-order valence-corrected chi connectivity index (χ3v) is 3.72. The Morgan fingerprint density at radius 3 is 2.17 bits per heavy atom. The number of hydrogen-bond acceptors (Lipinski definition) is 0. The zero-order valence-corrected chi connectivity index (χ0v) is 9.43. The van der Waals surface area contributed by atoms with Crippen molar-refractivity contribution in [1.29, 1.82) is 0 Å². The fourth-order valence-corrected chi connectivity index (χ4v) is 3.70. The van der Waals surface area contributed by atoms with Gasteiger partial charge in [0.1, 0.15) is 0 Å². The van der Waals surface area contributed by atoms with E-state index >= 15 is 0 Å². The van der Waals surface area contributed by atoms with Crippen LogP contribution < -0.4 is 0 Å². The molecule has 1 heteroatoms. The molecule has 4 atom stereocenters. The lowest BCUT2D eigenvalue weighted by Gasteiger charge is -2.39. The molecular formula is C11H21Cl. The first-order chi connectivity index (χ1) is 5.52. The average molecular weight is 189 g/mol. The van der Waals surface area contributed by atoms with E-state index < -0.39 is 0 Å². The molecule has 0 aromatic rings. The summed E-state index contributed by atoms with van der Waals surface area (Å²) in [5.74, 6) is 3.13. The summed E-state index contributed by atoms with van der Waals surface area (Å²) in [5, 5.41) is 0.420. The van der Waals surface area contributed by atoms with Gasteiger partial charge in [-0.05, 0) is 36.5 Å². The molecule has 0 nitrogen and oxygen atoms in total. The molecular weight excluding hydrogens is 168 g/mol. The van der Waals surface area contributed by atoms with Crippen molar-refractivity contribution in [2.75, 3.05) is 0 Å². The molecule has 12 heavy (non-hydrogen) atoms. The fraction of sp³-hybridized carbons (Fsp3) is 1.00. The van der Waals surface area contributed by atoms with Crippen molar-refractivity contribution < 1.29 is 0 Å². The van der Waals surface area contributed by atoms with Crippen molar-refractivity contribution in [2.24, 2.45) is 23.7 Å². The summed E-state index contributed by atoms with van der Waals surface area (Å²) in [4.78, 5) is 0. The third-order valence-electron chi connectivity index (χ3n) is 3.25. The second-order valence-electron chi connectivity index (χ2n) is 4.89. The van der Waals surface area contributed by atoms with E-state index in [9.17, 15) is 0 Å². The van der Waals surface area contributed by atoms with Crippen LogP contribution in [0.25, 0.3) is 0 Å². The van der Waals surface area contributed by atoms with Crippen LogP contribution in [-0.2, 0) is 0 Å². The van der Waals surface area contributed by atoms with E-state index in [-0.39, 0.29) is 0 Å². The minimum atomic E-state index is 0.420. The van der Waals surface area contributed by atoms with Gasteiger partial charge in [0.05, 0.1) is 0 Å². The van der Waals surface area contributed by atoms with Crippen molar-refractivity contribution in [2.45, 2.75) is 45.9 Å². The SMILES string of the molecule is CC1CC(C)C(C(C)C)C(Cl)C1. The van der Waals surface area contributed by atoms with E-state index in [4.69, 9.17) is 11.6 Å². The number of hydrogen-bond donors (Lipinski definition) is 0. The first kappa shape index (κ1) is 10.4. The first-order valence-corrected chi connectivity index (χ1v) is 5.60. The van der Waals surface area contributed by atoms with E-state index in [0.717, 1.165) is 23.7 Å². The Bertz CT molecular complexity index is 130. The molecule has 0 amide bonds. The summed E-state index contributed by atoms with van der Waals surface area (Å²) in [6.45, 7) is 9.28. The minimum Gasteiger partial charge on any atom is -0.123 e. The van der Waals surface area contributed by atoms with Crippen LogP contribution in [0.2, 0.25) is 0 Å². The van der Waals surface area contributed by atoms with E-state index in [2.05, 4.69) is 27.7 Å². The highest BCUT2D eigenvalue weighted by atomic mass is 35.5. The lowest BCUT2D eigenvalue weighted by molar-refractivity contribution is 0.163. The van der Waals surface area contributed by atoms with Gasteiger partial charge in [-0.2, -0.15) is 0 Å². The maximum absolute atomic E-state index is 6.37. The van der Waals surface area contributed by atoms with Gasteiger partial charge in [0.25, 0.3) is 0 Å². The third kappa shape index (κ3) is 2.16. The van der Waals surface area contributed by atoms with E-state index in [1.807, 2.05) is 0 Å². The zero-order valence-electron chi connectivity index (χ0n) is 8.68. The lowest BCUT2D eigenvalue weighted by atomic mass is 9.71. The van der Waals surface area contributed by atoms with Crippen LogP contribution in [0.4, 0.5) is 0 Å². The molecule has 0 heterocycles. The van der Waals surface area contributed by atoms with Crippen molar-refractivity contribution >= 4 is 11.6 Å². The maximum atomic E-state index is 6.37. The fourth-order valence-electron chi connectivity index (χ4n) is 2.86. The minimum absolute atomic E-state index is 0.420. The second kappa shape index (κ2) is 4.00. The highest BCUT2D eigenvalue weighted by Crippen LogP contribution is 2.40. The number of rotatable bonds is 1. The molecule has 1 aliphatic carbocycles. The molecule has 1 saturated carbocycles. The highest BCUT2D eigenvalue weighted by molar-refractivity contribution is 6.20. The van der Waals surface area contributed by atoms with Gasteiger partial charge in [0, 0.05) is 5.38 Å². The van der Waals surface area contributed by atoms with Crippen LogP contribution in [0.15, 0.2) is 0 Å². The smallest absolute Gasteiger partial charge is 0.0371 e. The second-order valence-corrected chi connectivity index (χ2v) is 5.45. The van der Waals surface area contributed by atoms with Crippen LogP contribution in [-0.4, -0.2) is 5.38 Å². The van der Waals surface area contributed by atoms with E-state index in [1.54, 1.807) is 0 Å². The molecule has 0 saturated heterocycles. The standard InChI is InChI=1S/C11H21Cl/c1-7(2)11-9(4)5-8(3)6-10(11)12/h7-11H,5-6H2,1-4H3. The topological polar surface area (TPSA) is 0 Å². The van der Waals surface area contributed by atoms with Crippen LogP contribution >= 0.6 is 11.6 Å². The summed E-state index contributed by atoms with van der Waals surface area (Å²) in [7, 11) is 0. The van der Waals surface area contributed by atoms with Gasteiger partial charge in [-0.3, -0.25) is 0 Å². The van der Waals surface area contributed by atoms with Gasteiger partial charge in [-0.25, -0.2) is 0 Å². The van der Waals surface area contributed by atoms with Crippen molar-refractivity contribution in [3.63, 3.8) is 0 Å². The quantitative estimate of drug-likeness (QED) is 0.547. The number of halogens is 1. The molecule has 1 fully saturated rings. The molecule has 4 unspecified atom stereocenters. The Morgan fingerprint density at radius 2 is 1.75 bits per heavy atom. The molecule has 1 rings (SSSR count). The van der Waals surface area contributed by atoms with Gasteiger partial charge in [-0.1, -0.05) is 27.7 Å². The van der Waals surface area contributed by atoms with Gasteiger partial charge < -0.3 is 0 Å². The summed E-state index contributed by atoms with van der Waals surface area (Å²) in [5.41, 5.74) is 0. The summed E-state index contributed by atoms with van der Waals surface area (Å²) < 4.78 is 0. The Labute approximate surface area is 81.7 Å². The van der Waals surface area contributed by atoms with Gasteiger partial charge in [-0.15, -0.1) is 11.6 Å². The lowest BCUT2D eigenvalue weighted by Crippen LogP contribution is -2.34. The van der Waals surface area contributed by atoms with Crippen molar-refractivity contribution in [3.8, 4) is 0 Å². The molecule has 0 aliphatic heterocycles. The van der Waals surface area contributed by atoms with Gasteiger partial charge in [0.2, 0.25) is 0 Å². The molecule has 0 aromatic carbocycles. The Morgan fingerprint density at radius 1 is 1.17 bits per heavy atom. The first-order valence-electron chi connectivity index (χ1n) is 5.16. The molecule has 1 aliphatic rings. The van der Waals surface area contributed by atoms with Crippen molar-refractivity contribution in [3.05, 3.63) is 0 Å². The normalized spacial score (nSPS) is 43.5.